The number of ether oxygens (including phenoxy) is 1. The SMILES string of the molecule is Cc1ccc2c(c1)N1C(=CC2C)CSC1=NC(=O)NOC(C)c1ccc(-c2ncn(-c3ccc(OC(F)(F)F)cc3)n2)cc1. The average Bonchev–Trinajstić information content (AvgIpc) is 3.63. The number of allylic oxidation sites excluding steroid dienone is 1. The molecule has 6 rings (SSSR count). The van der Waals surface area contributed by atoms with E-state index in [9.17, 15) is 18.0 Å². The molecular formula is C31H27F3N6O3S. The van der Waals surface area contributed by atoms with Gasteiger partial charge in [0.25, 0.3) is 0 Å². The van der Waals surface area contributed by atoms with Crippen LogP contribution in [0.4, 0.5) is 23.7 Å². The molecule has 2 amide bonds. The van der Waals surface area contributed by atoms with E-state index in [0.717, 1.165) is 33.8 Å². The Morgan fingerprint density at radius 2 is 1.86 bits per heavy atom. The van der Waals surface area contributed by atoms with Crippen molar-refractivity contribution in [1.82, 2.24) is 20.2 Å². The van der Waals surface area contributed by atoms with Crippen molar-refractivity contribution < 1.29 is 27.5 Å². The largest absolute Gasteiger partial charge is 0.573 e. The number of hydrogen-bond donors (Lipinski definition) is 1. The fourth-order valence-corrected chi connectivity index (χ4v) is 6.00. The second-order valence-electron chi connectivity index (χ2n) is 10.4. The van der Waals surface area contributed by atoms with E-state index in [4.69, 9.17) is 4.84 Å². The molecule has 0 aliphatic carbocycles. The summed E-state index contributed by atoms with van der Waals surface area (Å²) < 4.78 is 42.6. The first-order valence-electron chi connectivity index (χ1n) is 13.7. The molecule has 1 aromatic heterocycles. The van der Waals surface area contributed by atoms with E-state index in [2.05, 4.69) is 56.5 Å². The quantitative estimate of drug-likeness (QED) is 0.224. The van der Waals surface area contributed by atoms with Gasteiger partial charge in [0, 0.05) is 22.9 Å². The van der Waals surface area contributed by atoms with Crippen LogP contribution < -0.4 is 15.1 Å². The lowest BCUT2D eigenvalue weighted by Gasteiger charge is -2.30. The summed E-state index contributed by atoms with van der Waals surface area (Å²) in [7, 11) is 0. The van der Waals surface area contributed by atoms with Crippen LogP contribution in [0.15, 0.2) is 89.8 Å². The van der Waals surface area contributed by atoms with Crippen LogP contribution in [0, 0.1) is 6.92 Å². The number of benzene rings is 3. The number of rotatable bonds is 6. The number of aryl methyl sites for hydroxylation is 1. The van der Waals surface area contributed by atoms with E-state index >= 15 is 0 Å². The lowest BCUT2D eigenvalue weighted by molar-refractivity contribution is -0.274. The minimum atomic E-state index is -4.76. The zero-order valence-electron chi connectivity index (χ0n) is 23.9. The first-order chi connectivity index (χ1) is 21.0. The second-order valence-corrected chi connectivity index (χ2v) is 11.3. The number of alkyl halides is 3. The highest BCUT2D eigenvalue weighted by Crippen LogP contribution is 2.43. The number of hydrogen-bond acceptors (Lipinski definition) is 6. The van der Waals surface area contributed by atoms with Crippen LogP contribution >= 0.6 is 11.8 Å². The monoisotopic (exact) mass is 620 g/mol. The van der Waals surface area contributed by atoms with Crippen LogP contribution in [-0.2, 0) is 4.84 Å². The van der Waals surface area contributed by atoms with Crippen molar-refractivity contribution in [3.63, 3.8) is 0 Å². The molecule has 3 heterocycles. The van der Waals surface area contributed by atoms with Gasteiger partial charge in [-0.05, 0) is 60.9 Å². The molecule has 2 unspecified atom stereocenters. The third kappa shape index (κ3) is 6.33. The fraction of sp³-hybridized carbons (Fsp3) is 0.226. The number of urea groups is 1. The van der Waals surface area contributed by atoms with Gasteiger partial charge in [-0.2, -0.15) is 4.99 Å². The Balaban J connectivity index is 1.07. The standard InChI is InChI=1S/C31H27F3N6O3S/c1-18-4-13-26-19(2)15-24-16-44-30(40(24)27(26)14-18)36-29(41)38-43-20(3)21-5-7-22(8-6-21)28-35-17-39(37-28)23-9-11-25(12-10-23)42-31(32,33)34/h4-15,17,19-20H,16H2,1-3H3,(H,38,41). The van der Waals surface area contributed by atoms with E-state index < -0.39 is 18.5 Å². The van der Waals surface area contributed by atoms with Crippen molar-refractivity contribution in [3.8, 4) is 22.8 Å². The van der Waals surface area contributed by atoms with Gasteiger partial charge in [-0.25, -0.2) is 19.9 Å². The van der Waals surface area contributed by atoms with Crippen molar-refractivity contribution in [2.75, 3.05) is 10.7 Å². The highest BCUT2D eigenvalue weighted by Gasteiger charge is 2.33. The summed E-state index contributed by atoms with van der Waals surface area (Å²) in [6.45, 7) is 6.01. The summed E-state index contributed by atoms with van der Waals surface area (Å²) in [6.07, 6.45) is -1.55. The van der Waals surface area contributed by atoms with Gasteiger partial charge in [0.05, 0.1) is 11.4 Å². The maximum absolute atomic E-state index is 12.7. The first-order valence-corrected chi connectivity index (χ1v) is 14.7. The number of fused-ring (bicyclic) bond motifs is 3. The molecule has 2 aliphatic rings. The summed E-state index contributed by atoms with van der Waals surface area (Å²) in [4.78, 5) is 29.0. The Bertz CT molecular complexity index is 1750. The molecule has 0 radical (unpaired) electrons. The smallest absolute Gasteiger partial charge is 0.406 e. The fourth-order valence-electron chi connectivity index (χ4n) is 5.00. The number of hydroxylamine groups is 1. The van der Waals surface area contributed by atoms with Gasteiger partial charge >= 0.3 is 12.4 Å². The minimum Gasteiger partial charge on any atom is -0.406 e. The van der Waals surface area contributed by atoms with E-state index in [0.29, 0.717) is 16.7 Å². The molecule has 1 N–H and O–H groups in total. The molecule has 2 aliphatic heterocycles. The Morgan fingerprint density at radius 3 is 2.59 bits per heavy atom. The van der Waals surface area contributed by atoms with E-state index in [-0.39, 0.29) is 11.7 Å². The second kappa shape index (κ2) is 11.8. The molecule has 3 aromatic carbocycles. The third-order valence-corrected chi connectivity index (χ3v) is 8.14. The zero-order valence-corrected chi connectivity index (χ0v) is 24.7. The summed E-state index contributed by atoms with van der Waals surface area (Å²) in [5, 5.41) is 5.02. The molecule has 4 aromatic rings. The number of aromatic nitrogens is 3. The Morgan fingerprint density at radius 1 is 1.11 bits per heavy atom. The Kier molecular flexibility index (Phi) is 7.91. The normalized spacial score (nSPS) is 17.6. The van der Waals surface area contributed by atoms with Gasteiger partial charge in [-0.15, -0.1) is 18.3 Å². The summed E-state index contributed by atoms with van der Waals surface area (Å²) in [5.41, 5.74) is 8.99. The first kappa shape index (κ1) is 29.5. The molecule has 1 saturated heterocycles. The topological polar surface area (TPSA) is 93.9 Å². The number of amidine groups is 1. The lowest BCUT2D eigenvalue weighted by atomic mass is 9.93. The summed E-state index contributed by atoms with van der Waals surface area (Å²) in [5.74, 6) is 1.13. The van der Waals surface area contributed by atoms with E-state index in [1.165, 1.54) is 52.6 Å². The van der Waals surface area contributed by atoms with Crippen LogP contribution in [-0.4, -0.2) is 38.1 Å². The van der Waals surface area contributed by atoms with Gasteiger partial charge in [-0.1, -0.05) is 61.2 Å². The number of nitrogens with zero attached hydrogens (tertiary/aromatic N) is 5. The number of carbonyl (C=O) groups excluding carboxylic acids is 1. The zero-order chi connectivity index (χ0) is 31.0. The molecule has 9 nitrogen and oxygen atoms in total. The molecule has 1 fully saturated rings. The maximum Gasteiger partial charge on any atom is 0.573 e. The maximum atomic E-state index is 12.7. The number of aliphatic imine (C=N–C) groups is 1. The number of amides is 2. The molecule has 44 heavy (non-hydrogen) atoms. The van der Waals surface area contributed by atoms with Crippen LogP contribution in [0.3, 0.4) is 0 Å². The predicted molar refractivity (Wildman–Crippen MR) is 162 cm³/mol. The van der Waals surface area contributed by atoms with Crippen molar-refractivity contribution >= 4 is 28.6 Å². The number of halogens is 3. The van der Waals surface area contributed by atoms with Gasteiger partial charge in [0.15, 0.2) is 11.0 Å². The van der Waals surface area contributed by atoms with E-state index in [1.807, 2.05) is 36.1 Å². The van der Waals surface area contributed by atoms with Gasteiger partial charge in [-0.3, -0.25) is 9.74 Å². The molecule has 0 spiro atoms. The Hall–Kier alpha value is -4.62. The third-order valence-electron chi connectivity index (χ3n) is 7.17. The van der Waals surface area contributed by atoms with Crippen LogP contribution in [0.25, 0.3) is 17.1 Å². The number of carbonyl (C=O) groups is 1. The van der Waals surface area contributed by atoms with Gasteiger partial charge < -0.3 is 4.74 Å². The van der Waals surface area contributed by atoms with Crippen LogP contribution in [0.2, 0.25) is 0 Å². The Labute approximate surface area is 255 Å². The van der Waals surface area contributed by atoms with Crippen molar-refractivity contribution in [3.05, 3.63) is 102 Å². The van der Waals surface area contributed by atoms with Crippen molar-refractivity contribution in [2.45, 2.75) is 39.2 Å². The number of nitrogens with one attached hydrogen (secondary N) is 1. The molecule has 2 atom stereocenters. The van der Waals surface area contributed by atoms with Crippen LogP contribution in [0.5, 0.6) is 5.75 Å². The number of thioether (sulfide) groups is 1. The highest BCUT2D eigenvalue weighted by molar-refractivity contribution is 8.14. The molecule has 13 heteroatoms. The molecular weight excluding hydrogens is 593 g/mol. The molecule has 0 bridgehead atoms. The predicted octanol–water partition coefficient (Wildman–Crippen LogP) is 7.45. The summed E-state index contributed by atoms with van der Waals surface area (Å²) in [6, 6.07) is 18.4. The average molecular weight is 621 g/mol. The van der Waals surface area contributed by atoms with Crippen LogP contribution in [0.1, 0.15) is 42.6 Å². The minimum absolute atomic E-state index is 0.287. The van der Waals surface area contributed by atoms with Gasteiger partial charge in [0.2, 0.25) is 0 Å². The highest BCUT2D eigenvalue weighted by atomic mass is 32.2. The molecule has 0 saturated carbocycles. The van der Waals surface area contributed by atoms with Crippen molar-refractivity contribution in [2.24, 2.45) is 4.99 Å². The number of anilines is 1. The van der Waals surface area contributed by atoms with E-state index in [1.54, 1.807) is 6.92 Å². The lowest BCUT2D eigenvalue weighted by Crippen LogP contribution is -2.30. The van der Waals surface area contributed by atoms with Gasteiger partial charge in [0.1, 0.15) is 18.2 Å². The van der Waals surface area contributed by atoms with Crippen molar-refractivity contribution in [1.29, 1.82) is 0 Å². The molecule has 226 valence electrons. The summed E-state index contributed by atoms with van der Waals surface area (Å²) >= 11 is 1.51.